The quantitative estimate of drug-likeness (QED) is 0.449. The fraction of sp³-hybridized carbons (Fsp3) is 0.182. The molecule has 0 saturated heterocycles. The van der Waals surface area contributed by atoms with E-state index in [9.17, 15) is 13.2 Å². The van der Waals surface area contributed by atoms with Gasteiger partial charge in [-0.1, -0.05) is 17.7 Å². The summed E-state index contributed by atoms with van der Waals surface area (Å²) in [6.45, 7) is 3.44. The van der Waals surface area contributed by atoms with Gasteiger partial charge in [-0.25, -0.2) is 13.1 Å². The number of hydrogen-bond donors (Lipinski definition) is 2. The summed E-state index contributed by atoms with van der Waals surface area (Å²) >= 11 is 7.82. The summed E-state index contributed by atoms with van der Waals surface area (Å²) < 4.78 is 27.3. The molecular formula is C22H22ClN3O3S2. The molecule has 0 radical (unpaired) electrons. The number of nitrogens with zero attached hydrogens (tertiary/aromatic N) is 1. The van der Waals surface area contributed by atoms with Crippen LogP contribution in [0.25, 0.3) is 0 Å². The van der Waals surface area contributed by atoms with Crippen LogP contribution in [-0.2, 0) is 15.8 Å². The highest BCUT2D eigenvalue weighted by Gasteiger charge is 2.19. The number of carbonyl (C=O) groups is 1. The van der Waals surface area contributed by atoms with Gasteiger partial charge in [0.2, 0.25) is 10.0 Å². The van der Waals surface area contributed by atoms with Crippen LogP contribution in [0, 0.1) is 0 Å². The monoisotopic (exact) mass is 475 g/mol. The van der Waals surface area contributed by atoms with Crippen LogP contribution in [0.1, 0.15) is 29.8 Å². The first-order valence-electron chi connectivity index (χ1n) is 9.49. The van der Waals surface area contributed by atoms with Gasteiger partial charge in [-0.3, -0.25) is 9.78 Å². The van der Waals surface area contributed by atoms with Crippen LogP contribution in [0.5, 0.6) is 0 Å². The number of carbonyl (C=O) groups excluding carboxylic acids is 1. The summed E-state index contributed by atoms with van der Waals surface area (Å²) in [6.07, 6.45) is 3.57. The summed E-state index contributed by atoms with van der Waals surface area (Å²) in [5.74, 6) is 0.309. The van der Waals surface area contributed by atoms with E-state index in [0.717, 1.165) is 16.2 Å². The highest BCUT2D eigenvalue weighted by Crippen LogP contribution is 2.25. The Balaban J connectivity index is 1.69. The van der Waals surface area contributed by atoms with Crippen LogP contribution in [0.15, 0.2) is 76.8 Å². The molecule has 2 N–H and O–H groups in total. The Morgan fingerprint density at radius 2 is 1.87 bits per heavy atom. The average Bonchev–Trinajstić information content (AvgIpc) is 2.73. The number of hydrogen-bond acceptors (Lipinski definition) is 5. The van der Waals surface area contributed by atoms with Crippen LogP contribution < -0.4 is 10.0 Å². The van der Waals surface area contributed by atoms with E-state index in [-0.39, 0.29) is 21.5 Å². The summed E-state index contributed by atoms with van der Waals surface area (Å²) in [4.78, 5) is 17.8. The van der Waals surface area contributed by atoms with Gasteiger partial charge in [0.05, 0.1) is 15.5 Å². The molecule has 0 unspecified atom stereocenters. The van der Waals surface area contributed by atoms with Gasteiger partial charge in [-0.15, -0.1) is 11.8 Å². The normalized spacial score (nSPS) is 11.5. The number of halogens is 1. The molecular weight excluding hydrogens is 454 g/mol. The van der Waals surface area contributed by atoms with E-state index in [4.69, 9.17) is 11.6 Å². The average molecular weight is 476 g/mol. The maximum atomic E-state index is 12.7. The van der Waals surface area contributed by atoms with Gasteiger partial charge in [0.15, 0.2) is 0 Å². The van der Waals surface area contributed by atoms with Crippen molar-refractivity contribution < 1.29 is 13.2 Å². The Morgan fingerprint density at radius 1 is 1.13 bits per heavy atom. The van der Waals surface area contributed by atoms with Crippen molar-refractivity contribution in [3.63, 3.8) is 0 Å². The van der Waals surface area contributed by atoms with E-state index in [1.807, 2.05) is 30.5 Å². The maximum absolute atomic E-state index is 12.7. The van der Waals surface area contributed by atoms with Crippen molar-refractivity contribution in [1.29, 1.82) is 0 Å². The van der Waals surface area contributed by atoms with Gasteiger partial charge in [-0.05, 0) is 67.9 Å². The first kappa shape index (κ1) is 23.3. The SMILES string of the molecule is CC(C)NS(=O)(=O)c1ccc(Cl)c(C(=O)Nc2ccc(SCc3cccnc3)cc2)c1. The molecule has 162 valence electrons. The largest absolute Gasteiger partial charge is 0.322 e. The highest BCUT2D eigenvalue weighted by molar-refractivity contribution is 7.98. The third-order valence-electron chi connectivity index (χ3n) is 4.12. The van der Waals surface area contributed by atoms with Gasteiger partial charge in [0.25, 0.3) is 5.91 Å². The minimum atomic E-state index is -3.74. The van der Waals surface area contributed by atoms with E-state index >= 15 is 0 Å². The highest BCUT2D eigenvalue weighted by atomic mass is 35.5. The number of nitrogens with one attached hydrogen (secondary N) is 2. The van der Waals surface area contributed by atoms with E-state index in [2.05, 4.69) is 15.0 Å². The van der Waals surface area contributed by atoms with Crippen LogP contribution >= 0.6 is 23.4 Å². The Bertz CT molecular complexity index is 1150. The fourth-order valence-electron chi connectivity index (χ4n) is 2.71. The number of amides is 1. The molecule has 1 aromatic heterocycles. The van der Waals surface area contributed by atoms with E-state index in [0.29, 0.717) is 5.69 Å². The van der Waals surface area contributed by atoms with E-state index in [1.165, 1.54) is 18.2 Å². The first-order valence-corrected chi connectivity index (χ1v) is 12.3. The zero-order valence-electron chi connectivity index (χ0n) is 17.0. The number of rotatable bonds is 8. The third kappa shape index (κ3) is 6.54. The van der Waals surface area contributed by atoms with Gasteiger partial charge >= 0.3 is 0 Å². The van der Waals surface area contributed by atoms with Crippen LogP contribution in [-0.4, -0.2) is 25.4 Å². The molecule has 3 aromatic rings. The topological polar surface area (TPSA) is 88.2 Å². The van der Waals surface area contributed by atoms with Crippen molar-refractivity contribution in [2.24, 2.45) is 0 Å². The fourth-order valence-corrected chi connectivity index (χ4v) is 5.02. The molecule has 0 atom stereocenters. The molecule has 1 heterocycles. The molecule has 3 rings (SSSR count). The number of pyridine rings is 1. The van der Waals surface area contributed by atoms with Gasteiger partial charge in [-0.2, -0.15) is 0 Å². The molecule has 2 aromatic carbocycles. The number of benzene rings is 2. The Hall–Kier alpha value is -2.39. The lowest BCUT2D eigenvalue weighted by atomic mass is 10.2. The lowest BCUT2D eigenvalue weighted by molar-refractivity contribution is 0.102. The molecule has 0 aliphatic heterocycles. The van der Waals surface area contributed by atoms with Crippen molar-refractivity contribution >= 4 is 45.0 Å². The molecule has 6 nitrogen and oxygen atoms in total. The van der Waals surface area contributed by atoms with Crippen LogP contribution in [0.3, 0.4) is 0 Å². The van der Waals surface area contributed by atoms with Gasteiger partial charge < -0.3 is 5.32 Å². The Labute approximate surface area is 191 Å². The Morgan fingerprint density at radius 3 is 2.52 bits per heavy atom. The smallest absolute Gasteiger partial charge is 0.257 e. The van der Waals surface area contributed by atoms with Crippen molar-refractivity contribution in [3.8, 4) is 0 Å². The summed E-state index contributed by atoms with van der Waals surface area (Å²) in [6, 6.07) is 15.1. The molecule has 9 heteroatoms. The lowest BCUT2D eigenvalue weighted by Gasteiger charge is -2.12. The number of anilines is 1. The predicted molar refractivity (Wildman–Crippen MR) is 125 cm³/mol. The summed E-state index contributed by atoms with van der Waals surface area (Å²) in [5.41, 5.74) is 1.80. The zero-order valence-corrected chi connectivity index (χ0v) is 19.4. The molecule has 0 aliphatic carbocycles. The van der Waals surface area contributed by atoms with Crippen LogP contribution in [0.4, 0.5) is 5.69 Å². The maximum Gasteiger partial charge on any atom is 0.257 e. The molecule has 0 fully saturated rings. The minimum Gasteiger partial charge on any atom is -0.322 e. The number of sulfonamides is 1. The predicted octanol–water partition coefficient (Wildman–Crippen LogP) is 4.97. The molecule has 0 aliphatic rings. The standard InChI is InChI=1S/C22H22ClN3O3S2/c1-15(2)26-31(28,29)19-9-10-21(23)20(12-19)22(27)25-17-5-7-18(8-6-17)30-14-16-4-3-11-24-13-16/h3-13,15,26H,14H2,1-2H3,(H,25,27). The lowest BCUT2D eigenvalue weighted by Crippen LogP contribution is -2.30. The molecule has 0 spiro atoms. The Kier molecular flexibility index (Phi) is 7.72. The molecule has 0 saturated carbocycles. The second-order valence-electron chi connectivity index (χ2n) is 7.05. The van der Waals surface area contributed by atoms with Crippen LogP contribution in [0.2, 0.25) is 5.02 Å². The first-order chi connectivity index (χ1) is 14.7. The second-order valence-corrected chi connectivity index (χ2v) is 10.2. The third-order valence-corrected chi connectivity index (χ3v) is 7.19. The van der Waals surface area contributed by atoms with Gasteiger partial charge in [0, 0.05) is 34.8 Å². The molecule has 1 amide bonds. The van der Waals surface area contributed by atoms with Crippen molar-refractivity contribution in [1.82, 2.24) is 9.71 Å². The van der Waals surface area contributed by atoms with Crippen molar-refractivity contribution in [2.75, 3.05) is 5.32 Å². The minimum absolute atomic E-state index is 0.0158. The zero-order chi connectivity index (χ0) is 22.4. The van der Waals surface area contributed by atoms with Gasteiger partial charge in [0.1, 0.15) is 0 Å². The van der Waals surface area contributed by atoms with Crippen molar-refractivity contribution in [3.05, 3.63) is 83.1 Å². The number of aromatic nitrogens is 1. The molecule has 31 heavy (non-hydrogen) atoms. The number of thioether (sulfide) groups is 1. The molecule has 0 bridgehead atoms. The second kappa shape index (κ2) is 10.3. The summed E-state index contributed by atoms with van der Waals surface area (Å²) in [5, 5.41) is 2.93. The summed E-state index contributed by atoms with van der Waals surface area (Å²) in [7, 11) is -3.74. The van der Waals surface area contributed by atoms with Crippen molar-refractivity contribution in [2.45, 2.75) is 35.4 Å². The van der Waals surface area contributed by atoms with E-state index < -0.39 is 15.9 Å². The van der Waals surface area contributed by atoms with E-state index in [1.54, 1.807) is 43.9 Å².